The van der Waals surface area contributed by atoms with Crippen LogP contribution < -0.4 is 5.32 Å². The van der Waals surface area contributed by atoms with Crippen molar-refractivity contribution in [2.45, 2.75) is 25.3 Å². The van der Waals surface area contributed by atoms with E-state index in [-0.39, 0.29) is 5.91 Å². The molecule has 1 heterocycles. The van der Waals surface area contributed by atoms with Crippen LogP contribution in [0.25, 0.3) is 0 Å². The van der Waals surface area contributed by atoms with Gasteiger partial charge in [0.2, 0.25) is 5.54 Å². The Morgan fingerprint density at radius 1 is 1.82 bits per heavy atom. The second-order valence-corrected chi connectivity index (χ2v) is 2.90. The molecule has 0 bridgehead atoms. The van der Waals surface area contributed by atoms with Crippen molar-refractivity contribution < 1.29 is 9.53 Å². The average molecular weight is 156 g/mol. The van der Waals surface area contributed by atoms with Crippen LogP contribution in [0.15, 0.2) is 0 Å². The van der Waals surface area contributed by atoms with Crippen molar-refractivity contribution >= 4 is 12.1 Å². The van der Waals surface area contributed by atoms with Gasteiger partial charge in [0.15, 0.2) is 6.21 Å². The van der Waals surface area contributed by atoms with Gasteiger partial charge in [-0.2, -0.15) is 0 Å². The van der Waals surface area contributed by atoms with Gasteiger partial charge in [-0.05, 0) is 0 Å². The van der Waals surface area contributed by atoms with E-state index in [9.17, 15) is 10.0 Å². The molecule has 0 saturated carbocycles. The number of likely N-dealkylation sites (N-methyl/N-ethyl adjacent to an activating group) is 1. The van der Waals surface area contributed by atoms with Crippen LogP contribution in [0.1, 0.15) is 19.8 Å². The van der Waals surface area contributed by atoms with Crippen molar-refractivity contribution in [3.8, 4) is 0 Å². The fourth-order valence-corrected chi connectivity index (χ4v) is 1.26. The van der Waals surface area contributed by atoms with Crippen LogP contribution in [0, 0.1) is 5.21 Å². The Labute approximate surface area is 65.5 Å². The fourth-order valence-electron chi connectivity index (χ4n) is 1.26. The molecule has 0 aromatic rings. The Morgan fingerprint density at radius 2 is 2.45 bits per heavy atom. The zero-order valence-corrected chi connectivity index (χ0v) is 6.76. The maximum atomic E-state index is 11.2. The molecule has 1 rings (SSSR count). The van der Waals surface area contributed by atoms with Crippen LogP contribution >= 0.6 is 0 Å². The maximum Gasteiger partial charge on any atom is 0.292 e. The number of nitrogens with one attached hydrogen (secondary N) is 1. The molecule has 0 saturated heterocycles. The highest BCUT2D eigenvalue weighted by Gasteiger charge is 2.43. The van der Waals surface area contributed by atoms with Gasteiger partial charge in [-0.15, -0.1) is 0 Å². The fraction of sp³-hybridized carbons (Fsp3) is 0.714. The van der Waals surface area contributed by atoms with Crippen molar-refractivity contribution in [1.29, 1.82) is 0 Å². The Balaban J connectivity index is 2.83. The molecule has 1 aliphatic rings. The van der Waals surface area contributed by atoms with Gasteiger partial charge < -0.3 is 10.5 Å². The number of amides is 1. The summed E-state index contributed by atoms with van der Waals surface area (Å²) < 4.78 is 0.742. The number of nitrogens with zero attached hydrogens (tertiary/aromatic N) is 1. The van der Waals surface area contributed by atoms with Crippen LogP contribution in [-0.4, -0.2) is 29.4 Å². The molecule has 1 unspecified atom stereocenters. The van der Waals surface area contributed by atoms with Gasteiger partial charge in [0.25, 0.3) is 5.91 Å². The van der Waals surface area contributed by atoms with Gasteiger partial charge >= 0.3 is 0 Å². The summed E-state index contributed by atoms with van der Waals surface area (Å²) in [6, 6.07) is 0. The lowest BCUT2D eigenvalue weighted by Crippen LogP contribution is -2.47. The third kappa shape index (κ3) is 1.08. The summed E-state index contributed by atoms with van der Waals surface area (Å²) in [4.78, 5) is 11.2. The van der Waals surface area contributed by atoms with Crippen LogP contribution in [0.5, 0.6) is 0 Å². The zero-order valence-electron chi connectivity index (χ0n) is 6.76. The molecule has 1 N–H and O–H groups in total. The van der Waals surface area contributed by atoms with E-state index in [1.807, 2.05) is 0 Å². The summed E-state index contributed by atoms with van der Waals surface area (Å²) in [5.41, 5.74) is -0.866. The molecule has 1 aliphatic heterocycles. The van der Waals surface area contributed by atoms with E-state index in [0.717, 1.165) is 4.74 Å². The molecule has 62 valence electrons. The number of carbonyl (C=O) groups is 1. The lowest BCUT2D eigenvalue weighted by atomic mass is 9.99. The molecule has 0 fully saturated rings. The van der Waals surface area contributed by atoms with Crippen molar-refractivity contribution in [3.05, 3.63) is 5.21 Å². The lowest BCUT2D eigenvalue weighted by molar-refractivity contribution is -0.514. The summed E-state index contributed by atoms with van der Waals surface area (Å²) >= 11 is 0. The van der Waals surface area contributed by atoms with Crippen molar-refractivity contribution in [3.63, 3.8) is 0 Å². The van der Waals surface area contributed by atoms with Gasteiger partial charge in [0, 0.05) is 26.8 Å². The van der Waals surface area contributed by atoms with Crippen molar-refractivity contribution in [2.24, 2.45) is 0 Å². The smallest absolute Gasteiger partial charge is 0.292 e. The molecule has 1 atom stereocenters. The molecule has 11 heavy (non-hydrogen) atoms. The van der Waals surface area contributed by atoms with E-state index in [1.54, 1.807) is 14.0 Å². The zero-order chi connectivity index (χ0) is 8.48. The summed E-state index contributed by atoms with van der Waals surface area (Å²) in [5.74, 6) is -0.207. The minimum absolute atomic E-state index is 0.207. The Hall–Kier alpha value is -1.06. The third-order valence-corrected chi connectivity index (χ3v) is 2.13. The number of hydrogen-bond donors (Lipinski definition) is 1. The first-order valence-corrected chi connectivity index (χ1v) is 3.63. The largest absolute Gasteiger partial charge is 0.623 e. The topological polar surface area (TPSA) is 55.2 Å². The third-order valence-electron chi connectivity index (χ3n) is 2.13. The quantitative estimate of drug-likeness (QED) is 0.424. The molecular weight excluding hydrogens is 144 g/mol. The van der Waals surface area contributed by atoms with Crippen LogP contribution in [-0.2, 0) is 4.79 Å². The van der Waals surface area contributed by atoms with E-state index < -0.39 is 5.54 Å². The first-order chi connectivity index (χ1) is 5.11. The van der Waals surface area contributed by atoms with E-state index in [1.165, 1.54) is 6.21 Å². The normalized spacial score (nSPS) is 29.8. The van der Waals surface area contributed by atoms with E-state index >= 15 is 0 Å². The Kier molecular flexibility index (Phi) is 1.85. The van der Waals surface area contributed by atoms with Gasteiger partial charge in [0.1, 0.15) is 0 Å². The highest BCUT2D eigenvalue weighted by molar-refractivity contribution is 5.85. The summed E-state index contributed by atoms with van der Waals surface area (Å²) in [7, 11) is 1.54. The molecule has 0 aromatic heterocycles. The van der Waals surface area contributed by atoms with Crippen LogP contribution in [0.3, 0.4) is 0 Å². The Morgan fingerprint density at radius 3 is 2.82 bits per heavy atom. The standard InChI is InChI=1S/C7H12N2O2/c1-7(6(10)8-2)4-3-5-9(7)11/h5H,3-4H2,1-2H3,(H,8,10). The average Bonchev–Trinajstić information content (AvgIpc) is 2.32. The summed E-state index contributed by atoms with van der Waals surface area (Å²) in [5, 5.41) is 13.6. The van der Waals surface area contributed by atoms with Crippen LogP contribution in [0.2, 0.25) is 0 Å². The monoisotopic (exact) mass is 156 g/mol. The second kappa shape index (κ2) is 2.53. The first kappa shape index (κ1) is 8.04. The summed E-state index contributed by atoms with van der Waals surface area (Å²) in [6.07, 6.45) is 2.80. The van der Waals surface area contributed by atoms with Gasteiger partial charge in [-0.3, -0.25) is 4.79 Å². The number of hydrogen-bond acceptors (Lipinski definition) is 2. The lowest BCUT2D eigenvalue weighted by Gasteiger charge is -2.20. The molecule has 0 aliphatic carbocycles. The van der Waals surface area contributed by atoms with Gasteiger partial charge in [-0.25, -0.2) is 4.74 Å². The number of hydroxylamine groups is 1. The number of rotatable bonds is 1. The van der Waals surface area contributed by atoms with Crippen molar-refractivity contribution in [1.82, 2.24) is 5.32 Å². The molecule has 0 radical (unpaired) electrons. The molecule has 0 spiro atoms. The second-order valence-electron chi connectivity index (χ2n) is 2.90. The first-order valence-electron chi connectivity index (χ1n) is 3.63. The predicted octanol–water partition coefficient (Wildman–Crippen LogP) is -0.134. The van der Waals surface area contributed by atoms with Crippen LogP contribution in [0.4, 0.5) is 0 Å². The minimum atomic E-state index is -0.866. The van der Waals surface area contributed by atoms with Gasteiger partial charge in [0.05, 0.1) is 0 Å². The molecule has 1 amide bonds. The highest BCUT2D eigenvalue weighted by Crippen LogP contribution is 2.21. The maximum absolute atomic E-state index is 11.2. The molecule has 0 aromatic carbocycles. The number of carbonyl (C=O) groups excluding carboxylic acids is 1. The Bertz CT molecular complexity index is 212. The molecular formula is C7H12N2O2. The molecule has 4 nitrogen and oxygen atoms in total. The van der Waals surface area contributed by atoms with E-state index in [2.05, 4.69) is 5.32 Å². The SMILES string of the molecule is CNC(=O)C1(C)CCC=[N+]1[O-]. The molecule has 4 heteroatoms. The predicted molar refractivity (Wildman–Crippen MR) is 41.4 cm³/mol. The van der Waals surface area contributed by atoms with Gasteiger partial charge in [-0.1, -0.05) is 0 Å². The highest BCUT2D eigenvalue weighted by atomic mass is 16.5. The van der Waals surface area contributed by atoms with Crippen molar-refractivity contribution in [2.75, 3.05) is 7.05 Å². The minimum Gasteiger partial charge on any atom is -0.623 e. The summed E-state index contributed by atoms with van der Waals surface area (Å²) in [6.45, 7) is 1.66. The van der Waals surface area contributed by atoms with E-state index in [4.69, 9.17) is 0 Å². The van der Waals surface area contributed by atoms with E-state index in [0.29, 0.717) is 12.8 Å².